The Balaban J connectivity index is 2.68. The van der Waals surface area contributed by atoms with Gasteiger partial charge in [0.15, 0.2) is 0 Å². The number of anilines is 1. The van der Waals surface area contributed by atoms with E-state index in [-0.39, 0.29) is 0 Å². The van der Waals surface area contributed by atoms with Crippen LogP contribution in [0.1, 0.15) is 38.4 Å². The lowest BCUT2D eigenvalue weighted by Gasteiger charge is -2.27. The summed E-state index contributed by atoms with van der Waals surface area (Å²) in [5.74, 6) is 0.523. The molecular weight excluding hydrogens is 270 g/mol. The van der Waals surface area contributed by atoms with Gasteiger partial charge in [-0.3, -0.25) is 4.98 Å². The Bertz CT molecular complexity index is 391. The smallest absolute Gasteiger partial charge is 0.0509 e. The topological polar surface area (TPSA) is 19.4 Å². The van der Waals surface area contributed by atoms with Crippen molar-refractivity contribution in [2.24, 2.45) is 0 Å². The largest absolute Gasteiger partial charge is 0.371 e. The highest BCUT2D eigenvalue weighted by atomic mass is 35.5. The van der Waals surface area contributed by atoms with Crippen LogP contribution in [0, 0.1) is 6.92 Å². The predicted octanol–water partition coefficient (Wildman–Crippen LogP) is 3.69. The molecular formula is C16H28ClN3. The van der Waals surface area contributed by atoms with Crippen LogP contribution in [0.2, 0.25) is 0 Å². The minimum atomic E-state index is 0.523. The third-order valence-corrected chi connectivity index (χ3v) is 4.05. The van der Waals surface area contributed by atoms with Crippen molar-refractivity contribution in [3.05, 3.63) is 23.5 Å². The fourth-order valence-electron chi connectivity index (χ4n) is 2.44. The van der Waals surface area contributed by atoms with Crippen LogP contribution in [0.3, 0.4) is 0 Å². The third kappa shape index (κ3) is 4.95. The van der Waals surface area contributed by atoms with Gasteiger partial charge in [0.25, 0.3) is 0 Å². The summed E-state index contributed by atoms with van der Waals surface area (Å²) in [6, 6.07) is 2.15. The number of rotatable bonds is 9. The van der Waals surface area contributed by atoms with Crippen molar-refractivity contribution in [3.63, 3.8) is 0 Å². The van der Waals surface area contributed by atoms with Crippen molar-refractivity contribution in [1.82, 2.24) is 9.88 Å². The first-order valence-electron chi connectivity index (χ1n) is 7.64. The number of alkyl halides is 1. The van der Waals surface area contributed by atoms with Crippen molar-refractivity contribution < 1.29 is 0 Å². The average molecular weight is 298 g/mol. The molecule has 0 atom stereocenters. The van der Waals surface area contributed by atoms with Crippen molar-refractivity contribution in [1.29, 1.82) is 0 Å². The van der Waals surface area contributed by atoms with Gasteiger partial charge in [-0.15, -0.1) is 11.6 Å². The zero-order chi connectivity index (χ0) is 15.0. The van der Waals surface area contributed by atoms with E-state index in [0.29, 0.717) is 5.88 Å². The molecule has 1 heterocycles. The number of hydrogen-bond donors (Lipinski definition) is 0. The Hall–Kier alpha value is -0.800. The van der Waals surface area contributed by atoms with Crippen LogP contribution >= 0.6 is 11.6 Å². The van der Waals surface area contributed by atoms with Gasteiger partial charge in [-0.25, -0.2) is 0 Å². The second-order valence-electron chi connectivity index (χ2n) is 5.05. The van der Waals surface area contributed by atoms with Gasteiger partial charge < -0.3 is 9.80 Å². The minimum Gasteiger partial charge on any atom is -0.371 e. The molecule has 114 valence electrons. The molecule has 0 aromatic carbocycles. The molecule has 1 aromatic heterocycles. The second kappa shape index (κ2) is 9.19. The zero-order valence-corrected chi connectivity index (χ0v) is 14.1. The summed E-state index contributed by atoms with van der Waals surface area (Å²) in [6.45, 7) is 14.2. The number of halogens is 1. The quantitative estimate of drug-likeness (QED) is 0.648. The van der Waals surface area contributed by atoms with E-state index in [1.54, 1.807) is 0 Å². The lowest BCUT2D eigenvalue weighted by atomic mass is 10.2. The van der Waals surface area contributed by atoms with Crippen molar-refractivity contribution >= 4 is 17.3 Å². The van der Waals surface area contributed by atoms with Gasteiger partial charge in [-0.1, -0.05) is 13.8 Å². The molecule has 0 aliphatic heterocycles. The van der Waals surface area contributed by atoms with Gasteiger partial charge in [0.1, 0.15) is 0 Å². The maximum Gasteiger partial charge on any atom is 0.0509 e. The Kier molecular flexibility index (Phi) is 7.93. The lowest BCUT2D eigenvalue weighted by molar-refractivity contribution is 0.300. The molecule has 1 rings (SSSR count). The van der Waals surface area contributed by atoms with Crippen LogP contribution in [0.25, 0.3) is 0 Å². The number of aromatic nitrogens is 1. The number of nitrogens with zero attached hydrogens (tertiary/aromatic N) is 3. The van der Waals surface area contributed by atoms with Crippen LogP contribution in [-0.4, -0.2) is 42.6 Å². The van der Waals surface area contributed by atoms with E-state index in [2.05, 4.69) is 41.6 Å². The van der Waals surface area contributed by atoms with E-state index >= 15 is 0 Å². The predicted molar refractivity (Wildman–Crippen MR) is 88.8 cm³/mol. The van der Waals surface area contributed by atoms with Crippen LogP contribution in [0.4, 0.5) is 5.69 Å². The fraction of sp³-hybridized carbons (Fsp3) is 0.688. The zero-order valence-electron chi connectivity index (χ0n) is 13.3. The molecule has 3 nitrogen and oxygen atoms in total. The number of hydrogen-bond acceptors (Lipinski definition) is 3. The summed E-state index contributed by atoms with van der Waals surface area (Å²) >= 11 is 6.04. The molecule has 0 radical (unpaired) electrons. The molecule has 0 amide bonds. The van der Waals surface area contributed by atoms with Gasteiger partial charge in [0, 0.05) is 36.2 Å². The number of pyridine rings is 1. The molecule has 0 aliphatic carbocycles. The standard InChI is InChI=1S/C16H28ClN3/c1-5-19(6-2)9-8-10-20(7-3)16-11-14(4)18-13-15(16)12-17/h11,13H,5-10,12H2,1-4H3. The molecule has 0 bridgehead atoms. The minimum absolute atomic E-state index is 0.523. The van der Waals surface area contributed by atoms with Gasteiger partial charge in [-0.05, 0) is 46.0 Å². The summed E-state index contributed by atoms with van der Waals surface area (Å²) in [6.07, 6.45) is 3.09. The second-order valence-corrected chi connectivity index (χ2v) is 5.32. The molecule has 0 saturated carbocycles. The Morgan fingerprint density at radius 2 is 1.80 bits per heavy atom. The summed E-state index contributed by atoms with van der Waals surface area (Å²) in [4.78, 5) is 9.22. The van der Waals surface area contributed by atoms with Crippen LogP contribution in [0.15, 0.2) is 12.3 Å². The molecule has 0 saturated heterocycles. The van der Waals surface area contributed by atoms with Crippen LogP contribution in [-0.2, 0) is 5.88 Å². The Morgan fingerprint density at radius 1 is 1.10 bits per heavy atom. The summed E-state index contributed by atoms with van der Waals surface area (Å²) in [5.41, 5.74) is 3.42. The van der Waals surface area contributed by atoms with Crippen molar-refractivity contribution in [3.8, 4) is 0 Å². The maximum absolute atomic E-state index is 6.04. The van der Waals surface area contributed by atoms with Crippen LogP contribution in [0.5, 0.6) is 0 Å². The number of aryl methyl sites for hydroxylation is 1. The molecule has 20 heavy (non-hydrogen) atoms. The van der Waals surface area contributed by atoms with Gasteiger partial charge in [-0.2, -0.15) is 0 Å². The van der Waals surface area contributed by atoms with E-state index in [1.165, 1.54) is 12.1 Å². The highest BCUT2D eigenvalue weighted by Crippen LogP contribution is 2.22. The van der Waals surface area contributed by atoms with Crippen molar-refractivity contribution in [2.75, 3.05) is 37.6 Å². The summed E-state index contributed by atoms with van der Waals surface area (Å²) in [7, 11) is 0. The Labute approximate surface area is 128 Å². The van der Waals surface area contributed by atoms with Gasteiger partial charge in [0.05, 0.1) is 5.88 Å². The summed E-state index contributed by atoms with van der Waals surface area (Å²) < 4.78 is 0. The van der Waals surface area contributed by atoms with Crippen LogP contribution < -0.4 is 4.90 Å². The van der Waals surface area contributed by atoms with E-state index in [1.807, 2.05) is 13.1 Å². The van der Waals surface area contributed by atoms with Gasteiger partial charge in [0.2, 0.25) is 0 Å². The molecule has 0 fully saturated rings. The first-order valence-corrected chi connectivity index (χ1v) is 8.18. The van der Waals surface area contributed by atoms with Gasteiger partial charge >= 0.3 is 0 Å². The molecule has 0 spiro atoms. The Morgan fingerprint density at radius 3 is 2.35 bits per heavy atom. The average Bonchev–Trinajstić information content (AvgIpc) is 2.47. The first-order chi connectivity index (χ1) is 9.65. The third-order valence-electron chi connectivity index (χ3n) is 3.76. The van der Waals surface area contributed by atoms with E-state index in [0.717, 1.165) is 44.0 Å². The molecule has 0 aliphatic rings. The van der Waals surface area contributed by atoms with E-state index < -0.39 is 0 Å². The SMILES string of the molecule is CCN(CC)CCCN(CC)c1cc(C)ncc1CCl. The van der Waals surface area contributed by atoms with E-state index in [9.17, 15) is 0 Å². The monoisotopic (exact) mass is 297 g/mol. The molecule has 4 heteroatoms. The maximum atomic E-state index is 6.04. The normalized spacial score (nSPS) is 11.1. The molecule has 0 N–H and O–H groups in total. The molecule has 1 aromatic rings. The van der Waals surface area contributed by atoms with Crippen molar-refractivity contribution in [2.45, 2.75) is 40.0 Å². The fourth-order valence-corrected chi connectivity index (χ4v) is 2.65. The highest BCUT2D eigenvalue weighted by molar-refractivity contribution is 6.17. The summed E-state index contributed by atoms with van der Waals surface area (Å²) in [5, 5.41) is 0. The molecule has 0 unspecified atom stereocenters. The van der Waals surface area contributed by atoms with E-state index in [4.69, 9.17) is 11.6 Å². The highest BCUT2D eigenvalue weighted by Gasteiger charge is 2.10. The first kappa shape index (κ1) is 17.3. The lowest BCUT2D eigenvalue weighted by Crippen LogP contribution is -2.30.